The Labute approximate surface area is 120 Å². The summed E-state index contributed by atoms with van der Waals surface area (Å²) in [5, 5.41) is 4.67. The van der Waals surface area contributed by atoms with Crippen LogP contribution >= 0.6 is 12.2 Å². The molecule has 1 N–H and O–H groups in total. The van der Waals surface area contributed by atoms with Crippen LogP contribution in [-0.2, 0) is 0 Å². The smallest absolute Gasteiger partial charge is 0.169 e. The van der Waals surface area contributed by atoms with Crippen molar-refractivity contribution in [3.63, 3.8) is 0 Å². The summed E-state index contributed by atoms with van der Waals surface area (Å²) in [4.78, 5) is 2.31. The van der Waals surface area contributed by atoms with Crippen LogP contribution in [0.4, 0.5) is 0 Å². The fraction of sp³-hybridized carbons (Fsp3) is 0.688. The number of nitrogens with one attached hydrogen (secondary N) is 1. The van der Waals surface area contributed by atoms with Crippen LogP contribution in [0.15, 0.2) is 24.3 Å². The highest BCUT2D eigenvalue weighted by Crippen LogP contribution is 2.56. The van der Waals surface area contributed by atoms with Crippen LogP contribution in [0.1, 0.15) is 25.7 Å². The van der Waals surface area contributed by atoms with Gasteiger partial charge in [0.15, 0.2) is 5.11 Å². The molecule has 5 unspecified atom stereocenters. The van der Waals surface area contributed by atoms with Crippen molar-refractivity contribution >= 4 is 17.3 Å². The lowest BCUT2D eigenvalue weighted by Gasteiger charge is -2.35. The number of allylic oxidation sites excluding steroid dienone is 2. The molecule has 2 bridgehead atoms. The summed E-state index contributed by atoms with van der Waals surface area (Å²) in [5.74, 6) is 3.61. The Balaban J connectivity index is 1.40. The first-order valence-corrected chi connectivity index (χ1v) is 8.11. The Bertz CT molecular complexity index is 442. The van der Waals surface area contributed by atoms with Gasteiger partial charge in [-0.15, -0.1) is 0 Å². The lowest BCUT2D eigenvalue weighted by Crippen LogP contribution is -2.49. The van der Waals surface area contributed by atoms with Crippen molar-refractivity contribution in [3.8, 4) is 0 Å². The minimum atomic E-state index is 0.632. The number of hydrogen-bond donors (Lipinski definition) is 1. The Morgan fingerprint density at radius 1 is 1.16 bits per heavy atom. The Kier molecular flexibility index (Phi) is 2.91. The topological polar surface area (TPSA) is 15.3 Å². The van der Waals surface area contributed by atoms with Gasteiger partial charge in [0, 0.05) is 19.1 Å². The maximum absolute atomic E-state index is 5.61. The fourth-order valence-electron chi connectivity index (χ4n) is 4.79. The van der Waals surface area contributed by atoms with Gasteiger partial charge in [0.1, 0.15) is 0 Å². The molecule has 0 spiro atoms. The van der Waals surface area contributed by atoms with Crippen LogP contribution in [0.3, 0.4) is 0 Å². The Morgan fingerprint density at radius 3 is 2.95 bits per heavy atom. The molecule has 0 aromatic heterocycles. The van der Waals surface area contributed by atoms with Gasteiger partial charge >= 0.3 is 0 Å². The first-order valence-electron chi connectivity index (χ1n) is 7.70. The van der Waals surface area contributed by atoms with Gasteiger partial charge in [0.05, 0.1) is 0 Å². The van der Waals surface area contributed by atoms with Crippen molar-refractivity contribution in [2.24, 2.45) is 23.7 Å². The van der Waals surface area contributed by atoms with E-state index >= 15 is 0 Å². The zero-order valence-corrected chi connectivity index (χ0v) is 12.1. The number of nitrogens with zero attached hydrogens (tertiary/aromatic N) is 1. The second kappa shape index (κ2) is 4.62. The summed E-state index contributed by atoms with van der Waals surface area (Å²) in [6, 6.07) is 0.632. The largest absolute Gasteiger partial charge is 0.360 e. The highest BCUT2D eigenvalue weighted by Gasteiger charge is 2.52. The van der Waals surface area contributed by atoms with Gasteiger partial charge in [-0.05, 0) is 61.6 Å². The molecule has 102 valence electrons. The lowest BCUT2D eigenvalue weighted by molar-refractivity contribution is 0.242. The van der Waals surface area contributed by atoms with E-state index in [0.29, 0.717) is 6.04 Å². The molecule has 2 fully saturated rings. The third kappa shape index (κ3) is 1.94. The highest BCUT2D eigenvalue weighted by molar-refractivity contribution is 7.80. The van der Waals surface area contributed by atoms with Crippen LogP contribution in [0.5, 0.6) is 0 Å². The summed E-state index contributed by atoms with van der Waals surface area (Å²) < 4.78 is 0. The summed E-state index contributed by atoms with van der Waals surface area (Å²) in [6.45, 7) is 2.06. The average Bonchev–Trinajstić information content (AvgIpc) is 3.11. The van der Waals surface area contributed by atoms with E-state index in [-0.39, 0.29) is 0 Å². The summed E-state index contributed by atoms with van der Waals surface area (Å²) in [6.07, 6.45) is 14.6. The van der Waals surface area contributed by atoms with Gasteiger partial charge in [-0.3, -0.25) is 0 Å². The maximum Gasteiger partial charge on any atom is 0.169 e. The maximum atomic E-state index is 5.61. The molecule has 0 saturated heterocycles. The quantitative estimate of drug-likeness (QED) is 0.585. The van der Waals surface area contributed by atoms with Gasteiger partial charge in [0.25, 0.3) is 0 Å². The SMILES string of the molecule is S=C(NC1CC2CC1C1C=CCC21)N1CC=CCC1. The molecule has 0 amide bonds. The number of thiocarbonyl (C=S) groups is 1. The number of hydrogen-bond acceptors (Lipinski definition) is 1. The monoisotopic (exact) mass is 274 g/mol. The minimum absolute atomic E-state index is 0.632. The molecule has 4 aliphatic rings. The predicted octanol–water partition coefficient (Wildman–Crippen LogP) is 2.72. The van der Waals surface area contributed by atoms with Crippen LogP contribution in [0.2, 0.25) is 0 Å². The molecule has 19 heavy (non-hydrogen) atoms. The molecule has 4 rings (SSSR count). The van der Waals surface area contributed by atoms with E-state index in [1.54, 1.807) is 0 Å². The molecule has 5 atom stereocenters. The summed E-state index contributed by atoms with van der Waals surface area (Å²) in [7, 11) is 0. The van der Waals surface area contributed by atoms with Crippen molar-refractivity contribution in [1.29, 1.82) is 0 Å². The van der Waals surface area contributed by atoms with E-state index in [2.05, 4.69) is 34.5 Å². The van der Waals surface area contributed by atoms with Gasteiger partial charge in [-0.2, -0.15) is 0 Å². The van der Waals surface area contributed by atoms with Crippen molar-refractivity contribution in [3.05, 3.63) is 24.3 Å². The molecule has 3 heteroatoms. The van der Waals surface area contributed by atoms with E-state index in [9.17, 15) is 0 Å². The third-order valence-electron chi connectivity index (χ3n) is 5.66. The second-order valence-electron chi connectivity index (χ2n) is 6.56. The molecule has 3 aliphatic carbocycles. The van der Waals surface area contributed by atoms with Crippen LogP contribution in [-0.4, -0.2) is 29.1 Å². The molecule has 1 aliphatic heterocycles. The highest BCUT2D eigenvalue weighted by atomic mass is 32.1. The van der Waals surface area contributed by atoms with Crippen LogP contribution < -0.4 is 5.32 Å². The Morgan fingerprint density at radius 2 is 2.11 bits per heavy atom. The zero-order chi connectivity index (χ0) is 12.8. The standard InChI is InChI=1S/C16H22N2S/c19-16(18-7-2-1-3-8-18)17-15-10-11-9-14(15)13-6-4-5-12(11)13/h1-2,4,6,11-15H,3,5,7-10H2,(H,17,19). The molecular formula is C16H22N2S. The van der Waals surface area contributed by atoms with E-state index in [1.807, 2.05) is 0 Å². The molecular weight excluding hydrogens is 252 g/mol. The number of fused-ring (bicyclic) bond motifs is 5. The molecule has 0 radical (unpaired) electrons. The van der Waals surface area contributed by atoms with Crippen molar-refractivity contribution in [1.82, 2.24) is 10.2 Å². The molecule has 2 saturated carbocycles. The van der Waals surface area contributed by atoms with E-state index in [0.717, 1.165) is 48.3 Å². The first kappa shape index (κ1) is 12.0. The predicted molar refractivity (Wildman–Crippen MR) is 81.8 cm³/mol. The van der Waals surface area contributed by atoms with Crippen molar-refractivity contribution in [2.45, 2.75) is 31.7 Å². The van der Waals surface area contributed by atoms with E-state index in [1.165, 1.54) is 19.3 Å². The van der Waals surface area contributed by atoms with Gasteiger partial charge in [-0.1, -0.05) is 24.3 Å². The zero-order valence-electron chi connectivity index (χ0n) is 11.3. The second-order valence-corrected chi connectivity index (χ2v) is 6.95. The molecule has 0 aromatic rings. The third-order valence-corrected chi connectivity index (χ3v) is 6.04. The summed E-state index contributed by atoms with van der Waals surface area (Å²) in [5.41, 5.74) is 0. The lowest BCUT2D eigenvalue weighted by atomic mass is 9.79. The fourth-order valence-corrected chi connectivity index (χ4v) is 5.10. The van der Waals surface area contributed by atoms with Crippen LogP contribution in [0, 0.1) is 23.7 Å². The molecule has 0 aromatic carbocycles. The van der Waals surface area contributed by atoms with Crippen LogP contribution in [0.25, 0.3) is 0 Å². The van der Waals surface area contributed by atoms with E-state index < -0.39 is 0 Å². The van der Waals surface area contributed by atoms with Crippen molar-refractivity contribution in [2.75, 3.05) is 13.1 Å². The minimum Gasteiger partial charge on any atom is -0.360 e. The summed E-state index contributed by atoms with van der Waals surface area (Å²) >= 11 is 5.61. The average molecular weight is 274 g/mol. The number of rotatable bonds is 1. The molecule has 2 nitrogen and oxygen atoms in total. The van der Waals surface area contributed by atoms with Gasteiger partial charge in [-0.25, -0.2) is 0 Å². The first-order chi connectivity index (χ1) is 9.33. The van der Waals surface area contributed by atoms with Gasteiger partial charge in [0.2, 0.25) is 0 Å². The van der Waals surface area contributed by atoms with E-state index in [4.69, 9.17) is 12.2 Å². The van der Waals surface area contributed by atoms with Gasteiger partial charge < -0.3 is 10.2 Å². The normalized spacial score (nSPS) is 42.7. The Hall–Kier alpha value is -0.830. The molecule has 1 heterocycles. The van der Waals surface area contributed by atoms with Crippen molar-refractivity contribution < 1.29 is 0 Å².